The average molecular weight is 878 g/mol. The molecule has 69 heavy (non-hydrogen) atoms. The monoisotopic (exact) mass is 877 g/mol. The first-order chi connectivity index (χ1) is 34.2. The second-order valence-corrected chi connectivity index (χ2v) is 18.3. The molecular formula is C67H43NO. The smallest absolute Gasteiger partial charge is 0.140 e. The lowest BCUT2D eigenvalue weighted by atomic mass is 9.65. The molecule has 2 nitrogen and oxygen atoms in total. The van der Waals surface area contributed by atoms with Crippen molar-refractivity contribution >= 4 is 49.4 Å². The van der Waals surface area contributed by atoms with E-state index in [0.29, 0.717) is 0 Å². The fourth-order valence-electron chi connectivity index (χ4n) is 11.6. The van der Waals surface area contributed by atoms with E-state index in [2.05, 4.69) is 266 Å². The molecule has 2 aliphatic rings. The van der Waals surface area contributed by atoms with Crippen molar-refractivity contribution in [3.8, 4) is 56.0 Å². The van der Waals surface area contributed by atoms with E-state index >= 15 is 0 Å². The molecule has 1 aliphatic heterocycles. The molecule has 1 aliphatic carbocycles. The highest BCUT2D eigenvalue weighted by Gasteiger charge is 2.52. The SMILES string of the molecule is c1ccc(-c2cccc(N(c3ccc(-c4cccc5ccccc45)cc3)c3ccccc3-c3ccc4c(c3)-c3ccccc3C43c4ccc5ccccc5c4Oc4c3ccc3ccccc43)c2)cc1. The van der Waals surface area contributed by atoms with Gasteiger partial charge in [-0.25, -0.2) is 0 Å². The fraction of sp³-hybridized carbons (Fsp3) is 0.0149. The van der Waals surface area contributed by atoms with Gasteiger partial charge < -0.3 is 9.64 Å². The first kappa shape index (κ1) is 39.2. The highest BCUT2D eigenvalue weighted by atomic mass is 16.5. The summed E-state index contributed by atoms with van der Waals surface area (Å²) in [6.07, 6.45) is 0. The Morgan fingerprint density at radius 3 is 1.54 bits per heavy atom. The maximum Gasteiger partial charge on any atom is 0.140 e. The second kappa shape index (κ2) is 15.6. The van der Waals surface area contributed by atoms with Gasteiger partial charge in [0.05, 0.1) is 11.1 Å². The van der Waals surface area contributed by atoms with Crippen LogP contribution in [0.2, 0.25) is 0 Å². The van der Waals surface area contributed by atoms with Crippen molar-refractivity contribution in [1.29, 1.82) is 0 Å². The Morgan fingerprint density at radius 2 is 0.797 bits per heavy atom. The third-order valence-electron chi connectivity index (χ3n) is 14.7. The van der Waals surface area contributed by atoms with Gasteiger partial charge in [-0.1, -0.05) is 224 Å². The number of anilines is 3. The first-order valence-corrected chi connectivity index (χ1v) is 23.8. The summed E-state index contributed by atoms with van der Waals surface area (Å²) in [6, 6.07) is 95.5. The third kappa shape index (κ3) is 5.99. The Labute approximate surface area is 401 Å². The van der Waals surface area contributed by atoms with Crippen LogP contribution < -0.4 is 9.64 Å². The molecule has 0 aromatic heterocycles. The average Bonchev–Trinajstić information content (AvgIpc) is 3.71. The zero-order valence-corrected chi connectivity index (χ0v) is 37.7. The Balaban J connectivity index is 0.973. The first-order valence-electron chi connectivity index (χ1n) is 23.8. The van der Waals surface area contributed by atoms with Crippen molar-refractivity contribution in [2.45, 2.75) is 5.41 Å². The zero-order chi connectivity index (χ0) is 45.5. The van der Waals surface area contributed by atoms with Crippen LogP contribution in [-0.4, -0.2) is 0 Å². The van der Waals surface area contributed by atoms with Gasteiger partial charge in [0.15, 0.2) is 0 Å². The van der Waals surface area contributed by atoms with Gasteiger partial charge in [-0.2, -0.15) is 0 Å². The van der Waals surface area contributed by atoms with Crippen LogP contribution in [0.5, 0.6) is 11.5 Å². The molecule has 0 saturated carbocycles. The normalized spacial score (nSPS) is 12.9. The Hall–Kier alpha value is -8.98. The molecule has 0 unspecified atom stereocenters. The minimum atomic E-state index is -0.614. The molecule has 0 amide bonds. The second-order valence-electron chi connectivity index (χ2n) is 18.3. The maximum absolute atomic E-state index is 7.22. The van der Waals surface area contributed by atoms with Crippen molar-refractivity contribution in [2.24, 2.45) is 0 Å². The summed E-state index contributed by atoms with van der Waals surface area (Å²) in [7, 11) is 0. The van der Waals surface area contributed by atoms with Gasteiger partial charge in [0.25, 0.3) is 0 Å². The van der Waals surface area contributed by atoms with Gasteiger partial charge in [0, 0.05) is 38.8 Å². The molecule has 12 aromatic rings. The molecule has 0 atom stereocenters. The molecule has 0 N–H and O–H groups in total. The summed E-state index contributed by atoms with van der Waals surface area (Å²) < 4.78 is 7.22. The van der Waals surface area contributed by atoms with Crippen molar-refractivity contribution in [1.82, 2.24) is 0 Å². The van der Waals surface area contributed by atoms with E-state index in [9.17, 15) is 0 Å². The number of hydrogen-bond acceptors (Lipinski definition) is 2. The number of benzene rings is 12. The summed E-state index contributed by atoms with van der Waals surface area (Å²) in [6.45, 7) is 0. The van der Waals surface area contributed by atoms with Crippen LogP contribution in [0.1, 0.15) is 22.3 Å². The lowest BCUT2D eigenvalue weighted by Crippen LogP contribution is -2.32. The number of fused-ring (bicyclic) bond motifs is 14. The molecule has 2 heteroatoms. The molecule has 12 aromatic carbocycles. The summed E-state index contributed by atoms with van der Waals surface area (Å²) >= 11 is 0. The van der Waals surface area contributed by atoms with Gasteiger partial charge >= 0.3 is 0 Å². The fourth-order valence-corrected chi connectivity index (χ4v) is 11.6. The van der Waals surface area contributed by atoms with Gasteiger partial charge in [-0.15, -0.1) is 0 Å². The van der Waals surface area contributed by atoms with E-state index in [1.54, 1.807) is 0 Å². The van der Waals surface area contributed by atoms with E-state index in [-0.39, 0.29) is 0 Å². The molecule has 1 heterocycles. The standard InChI is InChI=1S/C67H43NO/c1-2-16-44(17-3-1)49-22-14-23-52(42-49)68(51-37-32-48(33-38-51)54-29-15-21-45-18-4-7-24-53(45)54)64-31-13-11-25-55(64)50-36-39-61-59(43-50)58-28-10-12-30-60(58)67(61)62-40-34-46-19-5-8-26-56(46)65(62)69-66-57-27-9-6-20-47(57)35-41-63(66)67/h1-43H. The van der Waals surface area contributed by atoms with E-state index < -0.39 is 5.41 Å². The lowest BCUT2D eigenvalue weighted by molar-refractivity contribution is 0.447. The number of rotatable bonds is 6. The van der Waals surface area contributed by atoms with E-state index in [1.807, 2.05) is 0 Å². The van der Waals surface area contributed by atoms with Crippen LogP contribution in [0.15, 0.2) is 261 Å². The van der Waals surface area contributed by atoms with Crippen LogP contribution in [0.3, 0.4) is 0 Å². The Kier molecular flexibility index (Phi) is 8.84. The summed E-state index contributed by atoms with van der Waals surface area (Å²) in [5, 5.41) is 7.05. The highest BCUT2D eigenvalue weighted by molar-refractivity contribution is 6.02. The summed E-state index contributed by atoms with van der Waals surface area (Å²) in [5.41, 5.74) is 17.0. The quantitative estimate of drug-likeness (QED) is 0.165. The van der Waals surface area contributed by atoms with Gasteiger partial charge in [0.1, 0.15) is 11.5 Å². The molecule has 0 bridgehead atoms. The van der Waals surface area contributed by atoms with Gasteiger partial charge in [-0.05, 0) is 108 Å². The highest BCUT2D eigenvalue weighted by Crippen LogP contribution is 2.64. The van der Waals surface area contributed by atoms with Crippen molar-refractivity contribution < 1.29 is 4.74 Å². The molecule has 14 rings (SSSR count). The van der Waals surface area contributed by atoms with Crippen molar-refractivity contribution in [2.75, 3.05) is 4.90 Å². The maximum atomic E-state index is 7.22. The predicted molar refractivity (Wildman–Crippen MR) is 287 cm³/mol. The van der Waals surface area contributed by atoms with Gasteiger partial charge in [-0.3, -0.25) is 0 Å². The molecular weight excluding hydrogens is 835 g/mol. The summed E-state index contributed by atoms with van der Waals surface area (Å²) in [4.78, 5) is 2.43. The Morgan fingerprint density at radius 1 is 0.275 bits per heavy atom. The predicted octanol–water partition coefficient (Wildman–Crippen LogP) is 18.1. The number of hydrogen-bond donors (Lipinski definition) is 0. The topological polar surface area (TPSA) is 12.5 Å². The van der Waals surface area contributed by atoms with Crippen LogP contribution in [-0.2, 0) is 5.41 Å². The van der Waals surface area contributed by atoms with E-state index in [1.165, 1.54) is 66.4 Å². The number of nitrogens with zero attached hydrogens (tertiary/aromatic N) is 1. The van der Waals surface area contributed by atoms with Crippen LogP contribution in [0.25, 0.3) is 76.8 Å². The van der Waals surface area contributed by atoms with Crippen molar-refractivity contribution in [3.63, 3.8) is 0 Å². The molecule has 0 saturated heterocycles. The van der Waals surface area contributed by atoms with Crippen LogP contribution in [0, 0.1) is 0 Å². The molecule has 0 radical (unpaired) electrons. The molecule has 322 valence electrons. The van der Waals surface area contributed by atoms with Gasteiger partial charge in [0.2, 0.25) is 0 Å². The number of para-hydroxylation sites is 1. The van der Waals surface area contributed by atoms with Crippen LogP contribution in [0.4, 0.5) is 17.1 Å². The largest absolute Gasteiger partial charge is 0.455 e. The molecule has 1 spiro atoms. The van der Waals surface area contributed by atoms with Crippen LogP contribution >= 0.6 is 0 Å². The minimum Gasteiger partial charge on any atom is -0.455 e. The third-order valence-corrected chi connectivity index (χ3v) is 14.7. The van der Waals surface area contributed by atoms with Crippen molar-refractivity contribution in [3.05, 3.63) is 283 Å². The minimum absolute atomic E-state index is 0.614. The molecule has 0 fully saturated rings. The summed E-state index contributed by atoms with van der Waals surface area (Å²) in [5.74, 6) is 1.85. The Bertz CT molecular complexity index is 3910. The van der Waals surface area contributed by atoms with E-state index in [0.717, 1.165) is 61.2 Å². The lowest BCUT2D eigenvalue weighted by Gasteiger charge is -2.40. The zero-order valence-electron chi connectivity index (χ0n) is 37.7. The number of ether oxygens (including phenoxy) is 1. The van der Waals surface area contributed by atoms with E-state index in [4.69, 9.17) is 4.74 Å².